The Labute approximate surface area is 132 Å². The zero-order chi connectivity index (χ0) is 15.3. The molecule has 0 aliphatic heterocycles. The van der Waals surface area contributed by atoms with Gasteiger partial charge in [-0.3, -0.25) is 4.79 Å². The number of alkyl halides is 3. The molecule has 1 aromatic rings. The smallest absolute Gasteiger partial charge is 0.248 e. The average molecular weight is 360 g/mol. The van der Waals surface area contributed by atoms with E-state index >= 15 is 0 Å². The van der Waals surface area contributed by atoms with Gasteiger partial charge in [-0.15, -0.1) is 0 Å². The molecule has 1 aromatic carbocycles. The van der Waals surface area contributed by atoms with Crippen molar-refractivity contribution in [1.82, 2.24) is 5.32 Å². The molecule has 1 N–H and O–H groups in total. The average Bonchev–Trinajstić information content (AvgIpc) is 2.47. The highest BCUT2D eigenvalue weighted by atomic mass is 79.9. The molecule has 1 aliphatic rings. The Morgan fingerprint density at radius 1 is 1.29 bits per heavy atom. The van der Waals surface area contributed by atoms with Crippen LogP contribution in [0.1, 0.15) is 31.2 Å². The van der Waals surface area contributed by atoms with Gasteiger partial charge in [0.2, 0.25) is 11.8 Å². The molecule has 0 aromatic heterocycles. The van der Waals surface area contributed by atoms with Crippen molar-refractivity contribution >= 4 is 21.8 Å². The SMILES string of the molecule is O=C(NC(CBr)Cc1ccccc1)C1CCC(F)(F)CC1. The Balaban J connectivity index is 1.85. The zero-order valence-electron chi connectivity index (χ0n) is 11.8. The quantitative estimate of drug-likeness (QED) is 0.792. The monoisotopic (exact) mass is 359 g/mol. The van der Waals surface area contributed by atoms with Crippen LogP contribution in [0.5, 0.6) is 0 Å². The number of benzene rings is 1. The molecule has 2 nitrogen and oxygen atoms in total. The normalized spacial score (nSPS) is 20.0. The first-order valence-electron chi connectivity index (χ1n) is 7.28. The molecule has 0 spiro atoms. The van der Waals surface area contributed by atoms with E-state index in [1.807, 2.05) is 30.3 Å². The van der Waals surface area contributed by atoms with Gasteiger partial charge in [-0.1, -0.05) is 46.3 Å². The molecule has 5 heteroatoms. The van der Waals surface area contributed by atoms with E-state index in [4.69, 9.17) is 0 Å². The van der Waals surface area contributed by atoms with Crippen LogP contribution >= 0.6 is 15.9 Å². The third-order valence-electron chi connectivity index (χ3n) is 3.95. The maximum atomic E-state index is 13.1. The molecule has 21 heavy (non-hydrogen) atoms. The van der Waals surface area contributed by atoms with Crippen LogP contribution in [0.25, 0.3) is 0 Å². The van der Waals surface area contributed by atoms with Gasteiger partial charge in [0.15, 0.2) is 0 Å². The van der Waals surface area contributed by atoms with Crippen LogP contribution in [-0.2, 0) is 11.2 Å². The maximum Gasteiger partial charge on any atom is 0.248 e. The number of amides is 1. The van der Waals surface area contributed by atoms with Gasteiger partial charge in [0.25, 0.3) is 0 Å². The van der Waals surface area contributed by atoms with Gasteiger partial charge in [-0.2, -0.15) is 0 Å². The van der Waals surface area contributed by atoms with E-state index < -0.39 is 5.92 Å². The van der Waals surface area contributed by atoms with Gasteiger partial charge >= 0.3 is 0 Å². The fourth-order valence-electron chi connectivity index (χ4n) is 2.66. The molecule has 1 atom stereocenters. The first kappa shape index (κ1) is 16.4. The second kappa shape index (κ2) is 7.34. The van der Waals surface area contributed by atoms with Gasteiger partial charge in [0, 0.05) is 30.1 Å². The molecule has 0 bridgehead atoms. The summed E-state index contributed by atoms with van der Waals surface area (Å²) in [6, 6.07) is 9.90. The van der Waals surface area contributed by atoms with E-state index in [0.717, 1.165) is 12.0 Å². The Morgan fingerprint density at radius 2 is 1.90 bits per heavy atom. The largest absolute Gasteiger partial charge is 0.352 e. The highest BCUT2D eigenvalue weighted by Crippen LogP contribution is 2.36. The number of nitrogens with one attached hydrogen (secondary N) is 1. The van der Waals surface area contributed by atoms with E-state index in [1.54, 1.807) is 0 Å². The third kappa shape index (κ3) is 5.06. The van der Waals surface area contributed by atoms with Crippen molar-refractivity contribution in [3.8, 4) is 0 Å². The highest BCUT2D eigenvalue weighted by molar-refractivity contribution is 9.09. The Kier molecular flexibility index (Phi) is 5.73. The minimum absolute atomic E-state index is 0.0117. The van der Waals surface area contributed by atoms with Crippen LogP contribution in [0.2, 0.25) is 0 Å². The minimum Gasteiger partial charge on any atom is -0.352 e. The molecule has 1 fully saturated rings. The van der Waals surface area contributed by atoms with Crippen LogP contribution in [0.3, 0.4) is 0 Å². The Morgan fingerprint density at radius 3 is 2.48 bits per heavy atom. The highest BCUT2D eigenvalue weighted by Gasteiger charge is 2.37. The molecule has 1 saturated carbocycles. The first-order chi connectivity index (χ1) is 10.00. The van der Waals surface area contributed by atoms with Gasteiger partial charge < -0.3 is 5.32 Å². The van der Waals surface area contributed by atoms with E-state index in [1.165, 1.54) is 0 Å². The molecule has 1 aliphatic carbocycles. The van der Waals surface area contributed by atoms with Crippen LogP contribution in [0.4, 0.5) is 8.78 Å². The van der Waals surface area contributed by atoms with Gasteiger partial charge in [-0.25, -0.2) is 8.78 Å². The second-order valence-electron chi connectivity index (χ2n) is 5.68. The summed E-state index contributed by atoms with van der Waals surface area (Å²) < 4.78 is 26.2. The molecule has 116 valence electrons. The van der Waals surface area contributed by atoms with E-state index in [0.29, 0.717) is 5.33 Å². The summed E-state index contributed by atoms with van der Waals surface area (Å²) in [6.45, 7) is 0. The molecular formula is C16H20BrF2NO. The summed E-state index contributed by atoms with van der Waals surface area (Å²) in [5, 5.41) is 3.63. The fourth-order valence-corrected chi connectivity index (χ4v) is 3.05. The van der Waals surface area contributed by atoms with E-state index in [-0.39, 0.29) is 43.6 Å². The second-order valence-corrected chi connectivity index (χ2v) is 6.33. The number of carbonyl (C=O) groups is 1. The van der Waals surface area contributed by atoms with Crippen molar-refractivity contribution in [2.45, 2.75) is 44.1 Å². The van der Waals surface area contributed by atoms with Crippen LogP contribution in [-0.4, -0.2) is 23.2 Å². The van der Waals surface area contributed by atoms with Crippen molar-refractivity contribution in [3.63, 3.8) is 0 Å². The van der Waals surface area contributed by atoms with Crippen molar-refractivity contribution in [2.75, 3.05) is 5.33 Å². The summed E-state index contributed by atoms with van der Waals surface area (Å²) in [6.07, 6.45) is 0.935. The van der Waals surface area contributed by atoms with Crippen molar-refractivity contribution in [1.29, 1.82) is 0 Å². The predicted octanol–water partition coefficient (Wildman–Crippen LogP) is 3.93. The van der Waals surface area contributed by atoms with Gasteiger partial charge in [0.1, 0.15) is 0 Å². The Hall–Kier alpha value is -0.970. The predicted molar refractivity (Wildman–Crippen MR) is 82.8 cm³/mol. The van der Waals surface area contributed by atoms with Crippen molar-refractivity contribution in [3.05, 3.63) is 35.9 Å². The summed E-state index contributed by atoms with van der Waals surface area (Å²) in [7, 11) is 0. The summed E-state index contributed by atoms with van der Waals surface area (Å²) in [5.74, 6) is -2.96. The molecule has 2 rings (SSSR count). The van der Waals surface area contributed by atoms with E-state index in [9.17, 15) is 13.6 Å². The van der Waals surface area contributed by atoms with E-state index in [2.05, 4.69) is 21.2 Å². The molecule has 1 amide bonds. The molecule has 0 saturated heterocycles. The molecule has 1 unspecified atom stereocenters. The maximum absolute atomic E-state index is 13.1. The molecule has 0 radical (unpaired) electrons. The number of halogens is 3. The zero-order valence-corrected chi connectivity index (χ0v) is 13.4. The number of hydrogen-bond acceptors (Lipinski definition) is 1. The van der Waals surface area contributed by atoms with Gasteiger partial charge in [-0.05, 0) is 24.8 Å². The first-order valence-corrected chi connectivity index (χ1v) is 8.40. The van der Waals surface area contributed by atoms with Gasteiger partial charge in [0.05, 0.1) is 0 Å². The minimum atomic E-state index is -2.59. The molecular weight excluding hydrogens is 340 g/mol. The lowest BCUT2D eigenvalue weighted by atomic mass is 9.86. The molecule has 0 heterocycles. The lowest BCUT2D eigenvalue weighted by Gasteiger charge is -2.28. The Bertz CT molecular complexity index is 457. The third-order valence-corrected chi connectivity index (χ3v) is 4.73. The number of carbonyl (C=O) groups excluding carboxylic acids is 1. The fraction of sp³-hybridized carbons (Fsp3) is 0.562. The topological polar surface area (TPSA) is 29.1 Å². The van der Waals surface area contributed by atoms with Crippen LogP contribution < -0.4 is 5.32 Å². The van der Waals surface area contributed by atoms with Crippen LogP contribution in [0.15, 0.2) is 30.3 Å². The van der Waals surface area contributed by atoms with Crippen molar-refractivity contribution in [2.24, 2.45) is 5.92 Å². The van der Waals surface area contributed by atoms with Crippen molar-refractivity contribution < 1.29 is 13.6 Å². The summed E-state index contributed by atoms with van der Waals surface area (Å²) in [4.78, 5) is 12.2. The van der Waals surface area contributed by atoms with Crippen LogP contribution in [0, 0.1) is 5.92 Å². The number of rotatable bonds is 5. The lowest BCUT2D eigenvalue weighted by Crippen LogP contribution is -2.43. The summed E-state index contributed by atoms with van der Waals surface area (Å²) in [5.41, 5.74) is 1.15. The standard InChI is InChI=1S/C16H20BrF2NO/c17-11-14(10-12-4-2-1-3-5-12)20-15(21)13-6-8-16(18,19)9-7-13/h1-5,13-14H,6-11H2,(H,20,21). The number of hydrogen-bond donors (Lipinski definition) is 1. The summed E-state index contributed by atoms with van der Waals surface area (Å²) >= 11 is 3.41. The lowest BCUT2D eigenvalue weighted by molar-refractivity contribution is -0.129.